The van der Waals surface area contributed by atoms with Crippen molar-refractivity contribution in [2.45, 2.75) is 19.8 Å². The number of carbonyl (C=O) groups excluding carboxylic acids is 1. The number of aromatic nitrogens is 1. The molecule has 1 atom stereocenters. The van der Waals surface area contributed by atoms with Crippen LogP contribution in [0.1, 0.15) is 24.0 Å². The molecule has 5 heteroatoms. The van der Waals surface area contributed by atoms with Gasteiger partial charge in [-0.25, -0.2) is 0 Å². The number of halogens is 1. The minimum atomic E-state index is -0.190. The highest BCUT2D eigenvalue weighted by molar-refractivity contribution is 9.10. The van der Waals surface area contributed by atoms with Crippen molar-refractivity contribution in [1.82, 2.24) is 4.57 Å². The van der Waals surface area contributed by atoms with E-state index in [1.165, 1.54) is 0 Å². The van der Waals surface area contributed by atoms with Crippen molar-refractivity contribution in [2.24, 2.45) is 5.18 Å². The summed E-state index contributed by atoms with van der Waals surface area (Å²) in [5.41, 5.74) is 4.33. The van der Waals surface area contributed by atoms with Crippen LogP contribution in [0.5, 0.6) is 0 Å². The molecule has 2 aromatic carbocycles. The summed E-state index contributed by atoms with van der Waals surface area (Å²) in [6.07, 6.45) is 2.94. The first kappa shape index (κ1) is 15.6. The van der Waals surface area contributed by atoms with Crippen molar-refractivity contribution in [3.05, 3.63) is 63.1 Å². The van der Waals surface area contributed by atoms with Gasteiger partial charge in [-0.15, -0.1) is 4.91 Å². The van der Waals surface area contributed by atoms with Gasteiger partial charge in [-0.1, -0.05) is 22.9 Å². The molecule has 1 aromatic heterocycles. The number of carbonyl (C=O) groups is 1. The molecule has 0 aliphatic carbocycles. The highest BCUT2D eigenvalue weighted by Gasteiger charge is 2.16. The van der Waals surface area contributed by atoms with Gasteiger partial charge in [0.05, 0.1) is 5.52 Å². The lowest BCUT2D eigenvalue weighted by atomic mass is 10.0. The molecule has 0 spiro atoms. The molecular formula is C18H15BrN2O2. The molecule has 0 saturated carbocycles. The predicted molar refractivity (Wildman–Crippen MR) is 95.6 cm³/mol. The Hall–Kier alpha value is -2.27. The molecule has 0 bridgehead atoms. The van der Waals surface area contributed by atoms with E-state index in [9.17, 15) is 9.70 Å². The summed E-state index contributed by atoms with van der Waals surface area (Å²) < 4.78 is 3.03. The molecule has 0 radical (unpaired) electrons. The number of hydrogen-bond donors (Lipinski definition) is 0. The molecule has 116 valence electrons. The second kappa shape index (κ2) is 6.08. The molecule has 0 N–H and O–H groups in total. The highest BCUT2D eigenvalue weighted by Crippen LogP contribution is 2.33. The molecule has 0 aliphatic heterocycles. The Kier molecular flexibility index (Phi) is 4.13. The molecule has 1 unspecified atom stereocenters. The number of aryl methyl sites for hydroxylation is 1. The molecule has 3 rings (SSSR count). The monoisotopic (exact) mass is 370 g/mol. The van der Waals surface area contributed by atoms with E-state index < -0.39 is 0 Å². The summed E-state index contributed by atoms with van der Waals surface area (Å²) in [5, 5.41) is 4.01. The van der Waals surface area contributed by atoms with E-state index in [4.69, 9.17) is 0 Å². The second-order valence-corrected chi connectivity index (χ2v) is 6.52. The molecule has 1 heterocycles. The van der Waals surface area contributed by atoms with Gasteiger partial charge in [-0.05, 0) is 59.6 Å². The maximum atomic E-state index is 11.3. The standard InChI is InChI=1S/C18H15BrN2O2/c1-11-7-14(20-23)4-6-17(11)21-9-16(12(2)10-22)15-8-13(19)3-5-18(15)21/h3-10,12H,1-2H3. The first-order valence-electron chi connectivity index (χ1n) is 7.25. The van der Waals surface area contributed by atoms with E-state index in [1.54, 1.807) is 12.1 Å². The fourth-order valence-corrected chi connectivity index (χ4v) is 3.19. The van der Waals surface area contributed by atoms with E-state index in [0.717, 1.165) is 38.5 Å². The van der Waals surface area contributed by atoms with Crippen molar-refractivity contribution >= 4 is 38.8 Å². The summed E-state index contributed by atoms with van der Waals surface area (Å²) in [6, 6.07) is 11.4. The van der Waals surface area contributed by atoms with Gasteiger partial charge in [0, 0.05) is 27.7 Å². The van der Waals surface area contributed by atoms with Crippen molar-refractivity contribution in [3.8, 4) is 5.69 Å². The Labute approximate surface area is 142 Å². The molecule has 0 amide bonds. The number of hydrogen-bond acceptors (Lipinski definition) is 3. The minimum Gasteiger partial charge on any atom is -0.316 e. The Morgan fingerprint density at radius 3 is 2.65 bits per heavy atom. The molecule has 0 fully saturated rings. The Morgan fingerprint density at radius 1 is 1.22 bits per heavy atom. The lowest BCUT2D eigenvalue weighted by Gasteiger charge is -2.09. The third-order valence-electron chi connectivity index (χ3n) is 4.04. The maximum Gasteiger partial charge on any atom is 0.127 e. The predicted octanol–water partition coefficient (Wildman–Crippen LogP) is 5.40. The quantitative estimate of drug-likeness (QED) is 0.455. The average Bonchev–Trinajstić information content (AvgIpc) is 2.92. The van der Waals surface area contributed by atoms with Crippen molar-refractivity contribution < 1.29 is 4.79 Å². The molecule has 3 aromatic rings. The second-order valence-electron chi connectivity index (χ2n) is 5.60. The van der Waals surface area contributed by atoms with Gasteiger partial charge in [0.2, 0.25) is 0 Å². The average molecular weight is 371 g/mol. The Morgan fingerprint density at radius 2 is 2.00 bits per heavy atom. The fourth-order valence-electron chi connectivity index (χ4n) is 2.83. The van der Waals surface area contributed by atoms with E-state index in [1.807, 2.05) is 44.3 Å². The SMILES string of the molecule is Cc1cc(N=O)ccc1-n1cc(C(C)C=O)c2cc(Br)ccc21. The number of nitroso groups, excluding NO2 is 1. The number of nitrogens with zero attached hydrogens (tertiary/aromatic N) is 2. The van der Waals surface area contributed by atoms with E-state index >= 15 is 0 Å². The van der Waals surface area contributed by atoms with Crippen LogP contribution in [0.25, 0.3) is 16.6 Å². The van der Waals surface area contributed by atoms with E-state index in [0.29, 0.717) is 5.69 Å². The molecular weight excluding hydrogens is 356 g/mol. The fraction of sp³-hybridized carbons (Fsp3) is 0.167. The zero-order valence-electron chi connectivity index (χ0n) is 12.8. The van der Waals surface area contributed by atoms with Gasteiger partial charge in [0.25, 0.3) is 0 Å². The van der Waals surface area contributed by atoms with E-state index in [2.05, 4.69) is 25.7 Å². The summed E-state index contributed by atoms with van der Waals surface area (Å²) in [6.45, 7) is 3.83. The van der Waals surface area contributed by atoms with Gasteiger partial charge in [0.1, 0.15) is 12.0 Å². The van der Waals surface area contributed by atoms with Crippen molar-refractivity contribution in [2.75, 3.05) is 0 Å². The van der Waals surface area contributed by atoms with Crippen LogP contribution in [0.15, 0.2) is 52.2 Å². The van der Waals surface area contributed by atoms with Crippen LogP contribution in [0.2, 0.25) is 0 Å². The summed E-state index contributed by atoms with van der Waals surface area (Å²) in [7, 11) is 0. The molecule has 23 heavy (non-hydrogen) atoms. The number of fused-ring (bicyclic) bond motifs is 1. The van der Waals surface area contributed by atoms with Crippen LogP contribution in [0, 0.1) is 11.8 Å². The number of benzene rings is 2. The van der Waals surface area contributed by atoms with Crippen LogP contribution in [-0.2, 0) is 4.79 Å². The van der Waals surface area contributed by atoms with Crippen molar-refractivity contribution in [1.29, 1.82) is 0 Å². The lowest BCUT2D eigenvalue weighted by molar-refractivity contribution is -0.108. The van der Waals surface area contributed by atoms with Gasteiger partial charge in [-0.3, -0.25) is 0 Å². The highest BCUT2D eigenvalue weighted by atomic mass is 79.9. The van der Waals surface area contributed by atoms with Crippen LogP contribution >= 0.6 is 15.9 Å². The van der Waals surface area contributed by atoms with Gasteiger partial charge in [0.15, 0.2) is 0 Å². The van der Waals surface area contributed by atoms with Crippen molar-refractivity contribution in [3.63, 3.8) is 0 Å². The molecule has 0 aliphatic rings. The largest absolute Gasteiger partial charge is 0.316 e. The summed E-state index contributed by atoms with van der Waals surface area (Å²) in [5.74, 6) is -0.190. The van der Waals surface area contributed by atoms with Crippen LogP contribution in [0.3, 0.4) is 0 Å². The minimum absolute atomic E-state index is 0.190. The van der Waals surface area contributed by atoms with Crippen LogP contribution < -0.4 is 0 Å². The zero-order chi connectivity index (χ0) is 16.6. The van der Waals surface area contributed by atoms with Gasteiger partial charge in [-0.2, -0.15) is 0 Å². The maximum absolute atomic E-state index is 11.3. The molecule has 4 nitrogen and oxygen atoms in total. The third kappa shape index (κ3) is 2.72. The Bertz CT molecular complexity index is 915. The number of rotatable bonds is 4. The first-order chi connectivity index (χ1) is 11.0. The summed E-state index contributed by atoms with van der Waals surface area (Å²) >= 11 is 3.49. The van der Waals surface area contributed by atoms with Crippen LogP contribution in [0.4, 0.5) is 5.69 Å². The van der Waals surface area contributed by atoms with Gasteiger partial charge >= 0.3 is 0 Å². The van der Waals surface area contributed by atoms with Gasteiger partial charge < -0.3 is 9.36 Å². The van der Waals surface area contributed by atoms with Crippen LogP contribution in [-0.4, -0.2) is 10.9 Å². The smallest absolute Gasteiger partial charge is 0.127 e. The third-order valence-corrected chi connectivity index (χ3v) is 4.53. The molecule has 0 saturated heterocycles. The summed E-state index contributed by atoms with van der Waals surface area (Å²) in [4.78, 5) is 21.9. The van der Waals surface area contributed by atoms with E-state index in [-0.39, 0.29) is 5.92 Å². The topological polar surface area (TPSA) is 51.4 Å². The first-order valence-corrected chi connectivity index (χ1v) is 8.04. The zero-order valence-corrected chi connectivity index (χ0v) is 14.4. The lowest BCUT2D eigenvalue weighted by Crippen LogP contribution is -1.96. The Balaban J connectivity index is 2.30. The normalized spacial score (nSPS) is 12.3. The number of aldehydes is 1.